The second kappa shape index (κ2) is 4.13. The Kier molecular flexibility index (Phi) is 2.84. The van der Waals surface area contributed by atoms with Crippen LogP contribution in [-0.4, -0.2) is 4.98 Å². The third-order valence-electron chi connectivity index (χ3n) is 2.31. The molecule has 2 rings (SSSR count). The molecule has 0 unspecified atom stereocenters. The lowest BCUT2D eigenvalue weighted by molar-refractivity contribution is 0.180. The van der Waals surface area contributed by atoms with E-state index in [-0.39, 0.29) is 6.61 Å². The first kappa shape index (κ1) is 10.3. The van der Waals surface area contributed by atoms with Crippen molar-refractivity contribution in [3.05, 3.63) is 40.4 Å². The van der Waals surface area contributed by atoms with Crippen LogP contribution in [0.5, 0.6) is 0 Å². The molecule has 2 nitrogen and oxygen atoms in total. The van der Waals surface area contributed by atoms with Gasteiger partial charge in [0.25, 0.3) is 0 Å². The highest BCUT2D eigenvalue weighted by molar-refractivity contribution is 7.15. The smallest absolute Gasteiger partial charge is 0.123 e. The van der Waals surface area contributed by atoms with Crippen molar-refractivity contribution >= 4 is 11.3 Å². The van der Waals surface area contributed by atoms with Gasteiger partial charge in [-0.3, -0.25) is 0 Å². The summed E-state index contributed by atoms with van der Waals surface area (Å²) in [5.74, 6) is 0. The normalized spacial score (nSPS) is 10.6. The van der Waals surface area contributed by atoms with E-state index in [4.69, 9.17) is 0 Å². The van der Waals surface area contributed by atoms with Crippen LogP contribution in [0.2, 0.25) is 0 Å². The van der Waals surface area contributed by atoms with Gasteiger partial charge in [0.1, 0.15) is 11.6 Å². The van der Waals surface area contributed by atoms with Gasteiger partial charge in [0.05, 0.1) is 4.88 Å². The van der Waals surface area contributed by atoms with Crippen molar-refractivity contribution in [1.29, 1.82) is 0 Å². The average Bonchev–Trinajstić information content (AvgIpc) is 2.66. The first-order chi connectivity index (χ1) is 7.20. The van der Waals surface area contributed by atoms with Crippen molar-refractivity contribution in [3.63, 3.8) is 0 Å². The molecule has 1 aromatic heterocycles. The van der Waals surface area contributed by atoms with E-state index >= 15 is 0 Å². The highest BCUT2D eigenvalue weighted by Crippen LogP contribution is 2.28. The minimum absolute atomic E-state index is 0.178. The molecule has 0 aliphatic carbocycles. The summed E-state index contributed by atoms with van der Waals surface area (Å²) in [4.78, 5) is 5.06. The summed E-state index contributed by atoms with van der Waals surface area (Å²) in [7, 11) is 0. The first-order valence-corrected chi connectivity index (χ1v) is 5.63. The van der Waals surface area contributed by atoms with E-state index in [0.717, 1.165) is 15.4 Å². The number of aryl methyl sites for hydroxylation is 2. The van der Waals surface area contributed by atoms with Crippen molar-refractivity contribution in [1.82, 2.24) is 4.98 Å². The molecule has 0 saturated heterocycles. The standard InChI is InChI=1S/C12H12NOS/c1-8-3-4-11(9(2)5-8)12-13-6-10(7-14)15-12/h3-6H,7H2,1-2H3. The largest absolute Gasteiger partial charge is 0.244 e. The van der Waals surface area contributed by atoms with Crippen molar-refractivity contribution in [3.8, 4) is 10.6 Å². The van der Waals surface area contributed by atoms with Crippen molar-refractivity contribution in [2.24, 2.45) is 0 Å². The van der Waals surface area contributed by atoms with Crippen LogP contribution in [0.15, 0.2) is 24.4 Å². The fraction of sp³-hybridized carbons (Fsp3) is 0.250. The second-order valence-corrected chi connectivity index (χ2v) is 4.71. The number of hydrogen-bond acceptors (Lipinski definition) is 2. The highest BCUT2D eigenvalue weighted by Gasteiger charge is 2.06. The Balaban J connectivity index is 2.44. The van der Waals surface area contributed by atoms with Crippen LogP contribution < -0.4 is 0 Å². The fourth-order valence-corrected chi connectivity index (χ4v) is 2.41. The molecular formula is C12H12NOS. The van der Waals surface area contributed by atoms with Gasteiger partial charge < -0.3 is 0 Å². The molecule has 15 heavy (non-hydrogen) atoms. The van der Waals surface area contributed by atoms with Gasteiger partial charge in [0.2, 0.25) is 0 Å². The summed E-state index contributed by atoms with van der Waals surface area (Å²) in [6, 6.07) is 6.27. The number of rotatable bonds is 2. The van der Waals surface area contributed by atoms with Gasteiger partial charge >= 0.3 is 0 Å². The molecule has 0 bridgehead atoms. The zero-order chi connectivity index (χ0) is 10.8. The molecule has 2 aromatic rings. The molecule has 3 heteroatoms. The van der Waals surface area contributed by atoms with Gasteiger partial charge in [-0.1, -0.05) is 23.8 Å². The fourth-order valence-electron chi connectivity index (χ4n) is 1.55. The molecule has 1 aromatic carbocycles. The molecular weight excluding hydrogens is 206 g/mol. The quantitative estimate of drug-likeness (QED) is 0.760. The lowest BCUT2D eigenvalue weighted by Gasteiger charge is -2.02. The van der Waals surface area contributed by atoms with E-state index in [1.54, 1.807) is 6.20 Å². The maximum absolute atomic E-state index is 10.7. The molecule has 1 radical (unpaired) electrons. The first-order valence-electron chi connectivity index (χ1n) is 4.81. The number of nitrogens with zero attached hydrogens (tertiary/aromatic N) is 1. The van der Waals surface area contributed by atoms with Crippen LogP contribution >= 0.6 is 11.3 Å². The minimum Gasteiger partial charge on any atom is -0.244 e. The van der Waals surface area contributed by atoms with Crippen LogP contribution in [0.1, 0.15) is 16.0 Å². The number of thiazole rings is 1. The third kappa shape index (κ3) is 2.08. The van der Waals surface area contributed by atoms with E-state index in [1.165, 1.54) is 22.5 Å². The maximum Gasteiger partial charge on any atom is 0.123 e. The topological polar surface area (TPSA) is 32.8 Å². The summed E-state index contributed by atoms with van der Waals surface area (Å²) in [6.07, 6.45) is 1.67. The molecule has 0 spiro atoms. The SMILES string of the molecule is Cc1ccc(-c2ncc(C[O])s2)c(C)c1. The monoisotopic (exact) mass is 218 g/mol. The van der Waals surface area contributed by atoms with Crippen LogP contribution in [0.3, 0.4) is 0 Å². The Morgan fingerprint density at radius 2 is 2.13 bits per heavy atom. The van der Waals surface area contributed by atoms with Gasteiger partial charge in [0.15, 0.2) is 0 Å². The summed E-state index contributed by atoms with van der Waals surface area (Å²) >= 11 is 1.48. The Hall–Kier alpha value is -1.19. The molecule has 0 saturated carbocycles. The highest BCUT2D eigenvalue weighted by atomic mass is 32.1. The predicted molar refractivity (Wildman–Crippen MR) is 61.4 cm³/mol. The minimum atomic E-state index is -0.178. The van der Waals surface area contributed by atoms with Gasteiger partial charge in [-0.2, -0.15) is 0 Å². The molecule has 0 aliphatic heterocycles. The number of hydrogen-bond donors (Lipinski definition) is 0. The van der Waals surface area contributed by atoms with Crippen molar-refractivity contribution < 1.29 is 5.11 Å². The molecule has 0 aliphatic rings. The summed E-state index contributed by atoms with van der Waals surface area (Å²) in [6.45, 7) is 3.96. The zero-order valence-electron chi connectivity index (χ0n) is 8.78. The lowest BCUT2D eigenvalue weighted by atomic mass is 10.1. The maximum atomic E-state index is 10.7. The number of benzene rings is 1. The van der Waals surface area contributed by atoms with Crippen LogP contribution in [0.25, 0.3) is 10.6 Å². The van der Waals surface area contributed by atoms with Gasteiger partial charge in [-0.05, 0) is 19.4 Å². The molecule has 77 valence electrons. The van der Waals surface area contributed by atoms with E-state index in [2.05, 4.69) is 37.0 Å². The summed E-state index contributed by atoms with van der Waals surface area (Å²) < 4.78 is 0. The third-order valence-corrected chi connectivity index (χ3v) is 3.31. The lowest BCUT2D eigenvalue weighted by Crippen LogP contribution is -1.82. The van der Waals surface area contributed by atoms with E-state index in [1.807, 2.05) is 0 Å². The predicted octanol–water partition coefficient (Wildman–Crippen LogP) is 3.36. The Morgan fingerprint density at radius 1 is 1.33 bits per heavy atom. The van der Waals surface area contributed by atoms with Gasteiger partial charge in [0, 0.05) is 11.8 Å². The van der Waals surface area contributed by atoms with E-state index < -0.39 is 0 Å². The van der Waals surface area contributed by atoms with E-state index in [9.17, 15) is 5.11 Å². The van der Waals surface area contributed by atoms with Crippen molar-refractivity contribution in [2.45, 2.75) is 20.5 Å². The van der Waals surface area contributed by atoms with Crippen LogP contribution in [-0.2, 0) is 11.7 Å². The molecule has 1 heterocycles. The summed E-state index contributed by atoms with van der Waals surface area (Å²) in [5, 5.41) is 11.6. The Labute approximate surface area is 93.2 Å². The molecule has 0 N–H and O–H groups in total. The van der Waals surface area contributed by atoms with Gasteiger partial charge in [-0.25, -0.2) is 10.1 Å². The molecule has 0 fully saturated rings. The average molecular weight is 218 g/mol. The number of aromatic nitrogens is 1. The Bertz CT molecular complexity index is 476. The van der Waals surface area contributed by atoms with Crippen LogP contribution in [0.4, 0.5) is 0 Å². The van der Waals surface area contributed by atoms with Crippen LogP contribution in [0, 0.1) is 13.8 Å². The van der Waals surface area contributed by atoms with E-state index in [0.29, 0.717) is 0 Å². The zero-order valence-corrected chi connectivity index (χ0v) is 9.60. The molecule has 0 atom stereocenters. The second-order valence-electron chi connectivity index (χ2n) is 3.59. The van der Waals surface area contributed by atoms with Gasteiger partial charge in [-0.15, -0.1) is 11.3 Å². The summed E-state index contributed by atoms with van der Waals surface area (Å²) in [5.41, 5.74) is 3.59. The Morgan fingerprint density at radius 3 is 2.73 bits per heavy atom. The van der Waals surface area contributed by atoms with Crippen molar-refractivity contribution in [2.75, 3.05) is 0 Å². The molecule has 0 amide bonds.